The third-order valence-electron chi connectivity index (χ3n) is 3.41. The Morgan fingerprint density at radius 2 is 1.95 bits per heavy atom. The number of hydrogen-bond acceptors (Lipinski definition) is 3. The molecule has 1 unspecified atom stereocenters. The summed E-state index contributed by atoms with van der Waals surface area (Å²) in [4.78, 5) is 11.6. The molecule has 0 bridgehead atoms. The summed E-state index contributed by atoms with van der Waals surface area (Å²) in [6.07, 6.45) is 6.30. The van der Waals surface area contributed by atoms with E-state index < -0.39 is 0 Å². The van der Waals surface area contributed by atoms with Crippen molar-refractivity contribution in [2.45, 2.75) is 58.7 Å². The normalized spacial score (nSPS) is 12.2. The first-order valence-electron chi connectivity index (χ1n) is 7.46. The van der Waals surface area contributed by atoms with Gasteiger partial charge in [0.2, 0.25) is 0 Å². The van der Waals surface area contributed by atoms with Crippen LogP contribution in [0.15, 0.2) is 24.3 Å². The Kier molecular flexibility index (Phi) is 7.97. The molecule has 3 nitrogen and oxygen atoms in total. The first-order valence-corrected chi connectivity index (χ1v) is 7.46. The molecule has 1 rings (SSSR count). The molecule has 1 aromatic rings. The predicted molar refractivity (Wildman–Crippen MR) is 80.8 cm³/mol. The smallest absolute Gasteiger partial charge is 0.338 e. The quantitative estimate of drug-likeness (QED) is 0.497. The van der Waals surface area contributed by atoms with Crippen LogP contribution in [-0.2, 0) is 16.1 Å². The Hall–Kier alpha value is -1.35. The monoisotopic (exact) mass is 278 g/mol. The first kappa shape index (κ1) is 16.7. The molecule has 20 heavy (non-hydrogen) atoms. The number of methoxy groups -OCH3 is 1. The van der Waals surface area contributed by atoms with Crippen LogP contribution >= 0.6 is 0 Å². The topological polar surface area (TPSA) is 35.5 Å². The number of carbonyl (C=O) groups excluding carboxylic acids is 1. The van der Waals surface area contributed by atoms with Crippen molar-refractivity contribution in [3.8, 4) is 0 Å². The zero-order valence-electron chi connectivity index (χ0n) is 12.9. The summed E-state index contributed by atoms with van der Waals surface area (Å²) in [5.74, 6) is -0.306. The van der Waals surface area contributed by atoms with Crippen molar-refractivity contribution in [1.82, 2.24) is 0 Å². The first-order chi connectivity index (χ1) is 9.69. The second-order valence-corrected chi connectivity index (χ2v) is 5.12. The molecule has 0 fully saturated rings. The minimum absolute atomic E-state index is 0.220. The van der Waals surface area contributed by atoms with E-state index in [4.69, 9.17) is 9.47 Å². The molecular weight excluding hydrogens is 252 g/mol. The van der Waals surface area contributed by atoms with E-state index >= 15 is 0 Å². The fraction of sp³-hybridized carbons (Fsp3) is 0.588. The largest absolute Gasteiger partial charge is 0.465 e. The molecule has 0 N–H and O–H groups in total. The maximum absolute atomic E-state index is 11.6. The molecule has 0 aliphatic carbocycles. The van der Waals surface area contributed by atoms with Crippen molar-refractivity contribution in [1.29, 1.82) is 0 Å². The highest BCUT2D eigenvalue weighted by Gasteiger charge is 2.12. The molecule has 0 aromatic heterocycles. The summed E-state index contributed by atoms with van der Waals surface area (Å²) in [6, 6.07) is 7.44. The fourth-order valence-electron chi connectivity index (χ4n) is 2.13. The summed E-state index contributed by atoms with van der Waals surface area (Å²) < 4.78 is 10.6. The van der Waals surface area contributed by atoms with Crippen LogP contribution in [0.4, 0.5) is 0 Å². The third-order valence-corrected chi connectivity index (χ3v) is 3.41. The zero-order chi connectivity index (χ0) is 14.8. The lowest BCUT2D eigenvalue weighted by Gasteiger charge is -2.14. The number of rotatable bonds is 9. The standard InChI is InChI=1S/C17H26O3/c1-4-5-6-7-10-14(2)20-13-15-11-8-9-12-16(15)17(18)19-3/h8-9,11-12,14H,4-7,10,13H2,1-3H3. The summed E-state index contributed by atoms with van der Waals surface area (Å²) >= 11 is 0. The van der Waals surface area contributed by atoms with Crippen LogP contribution in [0.2, 0.25) is 0 Å². The molecule has 0 aliphatic heterocycles. The van der Waals surface area contributed by atoms with Crippen molar-refractivity contribution >= 4 is 5.97 Å². The lowest BCUT2D eigenvalue weighted by atomic mass is 10.1. The van der Waals surface area contributed by atoms with Gasteiger partial charge in [0.25, 0.3) is 0 Å². The molecule has 3 heteroatoms. The molecule has 0 aliphatic rings. The number of esters is 1. The molecule has 0 radical (unpaired) electrons. The highest BCUT2D eigenvalue weighted by molar-refractivity contribution is 5.90. The van der Waals surface area contributed by atoms with Gasteiger partial charge in [-0.3, -0.25) is 0 Å². The molecule has 112 valence electrons. The average molecular weight is 278 g/mol. The highest BCUT2D eigenvalue weighted by Crippen LogP contribution is 2.14. The second kappa shape index (κ2) is 9.54. The minimum atomic E-state index is -0.306. The van der Waals surface area contributed by atoms with Crippen molar-refractivity contribution in [3.05, 3.63) is 35.4 Å². The Morgan fingerprint density at radius 3 is 2.65 bits per heavy atom. The van der Waals surface area contributed by atoms with E-state index in [0.29, 0.717) is 12.2 Å². The number of ether oxygens (including phenoxy) is 2. The summed E-state index contributed by atoms with van der Waals surface area (Å²) in [5.41, 5.74) is 1.48. The van der Waals surface area contributed by atoms with Gasteiger partial charge < -0.3 is 9.47 Å². The number of hydrogen-bond donors (Lipinski definition) is 0. The van der Waals surface area contributed by atoms with Gasteiger partial charge in [-0.2, -0.15) is 0 Å². The number of benzene rings is 1. The molecule has 1 atom stereocenters. The van der Waals surface area contributed by atoms with Crippen molar-refractivity contribution in [2.24, 2.45) is 0 Å². The molecule has 0 heterocycles. The van der Waals surface area contributed by atoms with E-state index in [0.717, 1.165) is 12.0 Å². The highest BCUT2D eigenvalue weighted by atomic mass is 16.5. The van der Waals surface area contributed by atoms with E-state index in [1.165, 1.54) is 32.8 Å². The SMILES string of the molecule is CCCCCCC(C)OCc1ccccc1C(=O)OC. The lowest BCUT2D eigenvalue weighted by molar-refractivity contribution is 0.0433. The minimum Gasteiger partial charge on any atom is -0.465 e. The van der Waals surface area contributed by atoms with Crippen LogP contribution in [0, 0.1) is 0 Å². The van der Waals surface area contributed by atoms with Crippen LogP contribution in [-0.4, -0.2) is 19.2 Å². The van der Waals surface area contributed by atoms with Crippen molar-refractivity contribution in [3.63, 3.8) is 0 Å². The fourth-order valence-corrected chi connectivity index (χ4v) is 2.13. The van der Waals surface area contributed by atoms with E-state index in [9.17, 15) is 4.79 Å². The Morgan fingerprint density at radius 1 is 1.20 bits per heavy atom. The van der Waals surface area contributed by atoms with Gasteiger partial charge in [-0.15, -0.1) is 0 Å². The van der Waals surface area contributed by atoms with E-state index in [1.54, 1.807) is 6.07 Å². The van der Waals surface area contributed by atoms with Gasteiger partial charge in [0, 0.05) is 0 Å². The summed E-state index contributed by atoms with van der Waals surface area (Å²) in [6.45, 7) is 4.76. The third kappa shape index (κ3) is 5.74. The Bertz CT molecular complexity index is 401. The molecular formula is C17H26O3. The van der Waals surface area contributed by atoms with Gasteiger partial charge in [-0.1, -0.05) is 50.8 Å². The Balaban J connectivity index is 2.43. The molecule has 0 spiro atoms. The van der Waals surface area contributed by atoms with Crippen LogP contribution in [0.5, 0.6) is 0 Å². The zero-order valence-corrected chi connectivity index (χ0v) is 12.9. The average Bonchev–Trinajstić information content (AvgIpc) is 2.49. The van der Waals surface area contributed by atoms with Gasteiger partial charge in [0.15, 0.2) is 0 Å². The molecule has 0 saturated heterocycles. The van der Waals surface area contributed by atoms with E-state index in [2.05, 4.69) is 13.8 Å². The van der Waals surface area contributed by atoms with Crippen LogP contribution in [0.1, 0.15) is 61.9 Å². The second-order valence-electron chi connectivity index (χ2n) is 5.12. The van der Waals surface area contributed by atoms with Gasteiger partial charge in [-0.25, -0.2) is 4.79 Å². The van der Waals surface area contributed by atoms with Crippen molar-refractivity contribution < 1.29 is 14.3 Å². The number of unbranched alkanes of at least 4 members (excludes halogenated alkanes) is 3. The van der Waals surface area contributed by atoms with E-state index in [-0.39, 0.29) is 12.1 Å². The van der Waals surface area contributed by atoms with Crippen LogP contribution in [0.3, 0.4) is 0 Å². The van der Waals surface area contributed by atoms with Crippen LogP contribution < -0.4 is 0 Å². The van der Waals surface area contributed by atoms with Gasteiger partial charge in [0.05, 0.1) is 25.4 Å². The number of carbonyl (C=O) groups is 1. The summed E-state index contributed by atoms with van der Waals surface area (Å²) in [5, 5.41) is 0. The predicted octanol–water partition coefficient (Wildman–Crippen LogP) is 4.35. The van der Waals surface area contributed by atoms with E-state index in [1.807, 2.05) is 18.2 Å². The van der Waals surface area contributed by atoms with Crippen LogP contribution in [0.25, 0.3) is 0 Å². The molecule has 0 saturated carbocycles. The van der Waals surface area contributed by atoms with Crippen molar-refractivity contribution in [2.75, 3.05) is 7.11 Å². The Labute approximate surface area is 122 Å². The van der Waals surface area contributed by atoms with Gasteiger partial charge in [-0.05, 0) is 25.0 Å². The lowest BCUT2D eigenvalue weighted by Crippen LogP contribution is -2.11. The van der Waals surface area contributed by atoms with Gasteiger partial charge >= 0.3 is 5.97 Å². The maximum Gasteiger partial charge on any atom is 0.338 e. The summed E-state index contributed by atoms with van der Waals surface area (Å²) in [7, 11) is 1.40. The maximum atomic E-state index is 11.6. The molecule has 1 aromatic carbocycles. The molecule has 0 amide bonds. The van der Waals surface area contributed by atoms with Gasteiger partial charge in [0.1, 0.15) is 0 Å².